The zero-order valence-corrected chi connectivity index (χ0v) is 22.7. The van der Waals surface area contributed by atoms with Crippen molar-refractivity contribution >= 4 is 27.7 Å². The van der Waals surface area contributed by atoms with Crippen LogP contribution < -0.4 is 10.1 Å². The first kappa shape index (κ1) is 27.2. The summed E-state index contributed by atoms with van der Waals surface area (Å²) in [5.74, 6) is -0.274. The molecule has 0 bridgehead atoms. The lowest BCUT2D eigenvalue weighted by molar-refractivity contribution is -0.142. The van der Waals surface area contributed by atoms with Crippen LogP contribution >= 0.6 is 15.9 Å². The quantitative estimate of drug-likeness (QED) is 0.433. The van der Waals surface area contributed by atoms with Crippen molar-refractivity contribution in [2.24, 2.45) is 0 Å². The normalized spacial score (nSPS) is 15.4. The number of ether oxygens (including phenoxy) is 1. The third kappa shape index (κ3) is 7.79. The number of amides is 2. The molecule has 0 aliphatic heterocycles. The van der Waals surface area contributed by atoms with E-state index in [4.69, 9.17) is 4.74 Å². The lowest BCUT2D eigenvalue weighted by atomic mass is 9.87. The first-order valence-corrected chi connectivity index (χ1v) is 13.1. The summed E-state index contributed by atoms with van der Waals surface area (Å²) in [6.45, 7) is 8.10. The molecule has 2 aromatic rings. The zero-order chi connectivity index (χ0) is 25.6. The van der Waals surface area contributed by atoms with E-state index in [0.717, 1.165) is 41.3 Å². The Labute approximate surface area is 216 Å². The highest BCUT2D eigenvalue weighted by molar-refractivity contribution is 9.10. The Morgan fingerprint density at radius 1 is 1.11 bits per heavy atom. The molecule has 5 nitrogen and oxygen atoms in total. The standard InChI is InChI=1S/C28H36BrFN2O3/c1-19(27(34)31-23-8-6-5-7-9-23)32(17-20-10-13-22(30)14-11-20)26(33)18-35-25-15-12-21(16-24(25)29)28(2,3)4/h10-16,19,23H,5-9,17-18H2,1-4H3,(H,31,34)/t19-/m0/s1. The van der Waals surface area contributed by atoms with Gasteiger partial charge in [-0.25, -0.2) is 4.39 Å². The highest BCUT2D eigenvalue weighted by atomic mass is 79.9. The summed E-state index contributed by atoms with van der Waals surface area (Å²) in [7, 11) is 0. The van der Waals surface area contributed by atoms with E-state index in [1.54, 1.807) is 19.1 Å². The Balaban J connectivity index is 1.72. The van der Waals surface area contributed by atoms with Gasteiger partial charge in [0, 0.05) is 12.6 Å². The molecule has 1 aliphatic rings. The Hall–Kier alpha value is -2.41. The molecule has 7 heteroatoms. The van der Waals surface area contributed by atoms with Crippen LogP contribution in [-0.4, -0.2) is 35.4 Å². The maximum absolute atomic E-state index is 13.4. The van der Waals surface area contributed by atoms with Gasteiger partial charge in [-0.2, -0.15) is 0 Å². The minimum Gasteiger partial charge on any atom is -0.483 e. The molecule has 0 radical (unpaired) electrons. The van der Waals surface area contributed by atoms with Crippen LogP contribution in [0.15, 0.2) is 46.9 Å². The molecule has 1 atom stereocenters. The summed E-state index contributed by atoms with van der Waals surface area (Å²) < 4.78 is 20.0. The van der Waals surface area contributed by atoms with Crippen molar-refractivity contribution in [3.05, 3.63) is 63.9 Å². The van der Waals surface area contributed by atoms with Crippen LogP contribution in [0.2, 0.25) is 0 Å². The summed E-state index contributed by atoms with van der Waals surface area (Å²) in [6, 6.07) is 11.3. The summed E-state index contributed by atoms with van der Waals surface area (Å²) in [4.78, 5) is 27.8. The molecule has 1 N–H and O–H groups in total. The van der Waals surface area contributed by atoms with Gasteiger partial charge in [0.1, 0.15) is 17.6 Å². The molecule has 0 aromatic heterocycles. The molecule has 190 valence electrons. The molecule has 1 aliphatic carbocycles. The fraction of sp³-hybridized carbons (Fsp3) is 0.500. The number of hydrogen-bond acceptors (Lipinski definition) is 3. The lowest BCUT2D eigenvalue weighted by Crippen LogP contribution is -2.51. The smallest absolute Gasteiger partial charge is 0.261 e. The molecule has 0 heterocycles. The summed E-state index contributed by atoms with van der Waals surface area (Å²) in [5, 5.41) is 3.11. The second kappa shape index (κ2) is 12.0. The van der Waals surface area contributed by atoms with Crippen LogP contribution in [0.25, 0.3) is 0 Å². The monoisotopic (exact) mass is 546 g/mol. The third-order valence-corrected chi connectivity index (χ3v) is 7.15. The minimum atomic E-state index is -0.690. The van der Waals surface area contributed by atoms with E-state index in [1.807, 2.05) is 18.2 Å². The number of nitrogens with one attached hydrogen (secondary N) is 1. The van der Waals surface area contributed by atoms with Gasteiger partial charge in [0.2, 0.25) is 5.91 Å². The second-order valence-electron chi connectivity index (χ2n) is 10.4. The second-order valence-corrected chi connectivity index (χ2v) is 11.2. The van der Waals surface area contributed by atoms with Gasteiger partial charge in [0.25, 0.3) is 5.91 Å². The van der Waals surface area contributed by atoms with E-state index >= 15 is 0 Å². The molecule has 0 unspecified atom stereocenters. The number of nitrogens with zero attached hydrogens (tertiary/aromatic N) is 1. The van der Waals surface area contributed by atoms with Gasteiger partial charge in [0.15, 0.2) is 6.61 Å². The highest BCUT2D eigenvalue weighted by Crippen LogP contribution is 2.31. The molecular weight excluding hydrogens is 511 g/mol. The van der Waals surface area contributed by atoms with Crippen molar-refractivity contribution in [3.8, 4) is 5.75 Å². The Kier molecular flexibility index (Phi) is 9.34. The molecule has 1 fully saturated rings. The Morgan fingerprint density at radius 3 is 2.37 bits per heavy atom. The van der Waals surface area contributed by atoms with Gasteiger partial charge >= 0.3 is 0 Å². The maximum Gasteiger partial charge on any atom is 0.261 e. The van der Waals surface area contributed by atoms with Crippen molar-refractivity contribution in [2.45, 2.75) is 83.8 Å². The number of halogens is 2. The van der Waals surface area contributed by atoms with Crippen LogP contribution in [0.3, 0.4) is 0 Å². The predicted octanol–water partition coefficient (Wildman–Crippen LogP) is 6.13. The SMILES string of the molecule is C[C@@H](C(=O)NC1CCCCC1)N(Cc1ccc(F)cc1)C(=O)COc1ccc(C(C)(C)C)cc1Br. The third-order valence-electron chi connectivity index (χ3n) is 6.53. The van der Waals surface area contributed by atoms with Crippen molar-refractivity contribution in [2.75, 3.05) is 6.61 Å². The van der Waals surface area contributed by atoms with Crippen molar-refractivity contribution in [1.82, 2.24) is 10.2 Å². The topological polar surface area (TPSA) is 58.6 Å². The molecule has 2 amide bonds. The van der Waals surface area contributed by atoms with Gasteiger partial charge in [-0.05, 0) is 76.5 Å². The molecule has 3 rings (SSSR count). The summed E-state index contributed by atoms with van der Waals surface area (Å²) in [5.41, 5.74) is 1.88. The number of rotatable bonds is 8. The van der Waals surface area contributed by atoms with E-state index < -0.39 is 6.04 Å². The Bertz CT molecular complexity index is 1010. The van der Waals surface area contributed by atoms with E-state index in [-0.39, 0.29) is 42.2 Å². The fourth-order valence-electron chi connectivity index (χ4n) is 4.24. The first-order valence-electron chi connectivity index (χ1n) is 12.3. The molecule has 0 saturated heterocycles. The summed E-state index contributed by atoms with van der Waals surface area (Å²) in [6.07, 6.45) is 5.33. The minimum absolute atomic E-state index is 0.00997. The Morgan fingerprint density at radius 2 is 1.77 bits per heavy atom. The average molecular weight is 548 g/mol. The van der Waals surface area contributed by atoms with E-state index in [0.29, 0.717) is 5.75 Å². The van der Waals surface area contributed by atoms with Crippen LogP contribution in [-0.2, 0) is 21.5 Å². The van der Waals surface area contributed by atoms with Gasteiger partial charge in [-0.1, -0.05) is 58.2 Å². The van der Waals surface area contributed by atoms with Crippen LogP contribution in [0.5, 0.6) is 5.75 Å². The lowest BCUT2D eigenvalue weighted by Gasteiger charge is -2.31. The van der Waals surface area contributed by atoms with Crippen LogP contribution in [0, 0.1) is 5.82 Å². The first-order chi connectivity index (χ1) is 16.5. The van der Waals surface area contributed by atoms with Gasteiger partial charge in [0.05, 0.1) is 4.47 Å². The van der Waals surface area contributed by atoms with Crippen LogP contribution in [0.4, 0.5) is 4.39 Å². The van der Waals surface area contributed by atoms with Crippen LogP contribution in [0.1, 0.15) is 70.9 Å². The highest BCUT2D eigenvalue weighted by Gasteiger charge is 2.28. The molecule has 35 heavy (non-hydrogen) atoms. The van der Waals surface area contributed by atoms with E-state index in [1.165, 1.54) is 23.5 Å². The average Bonchev–Trinajstić information content (AvgIpc) is 2.82. The van der Waals surface area contributed by atoms with Crippen molar-refractivity contribution in [1.29, 1.82) is 0 Å². The maximum atomic E-state index is 13.4. The zero-order valence-electron chi connectivity index (χ0n) is 21.1. The van der Waals surface area contributed by atoms with Gasteiger partial charge in [-0.15, -0.1) is 0 Å². The van der Waals surface area contributed by atoms with Crippen molar-refractivity contribution < 1.29 is 18.7 Å². The van der Waals surface area contributed by atoms with Gasteiger partial charge < -0.3 is 15.0 Å². The van der Waals surface area contributed by atoms with Crippen molar-refractivity contribution in [3.63, 3.8) is 0 Å². The number of carbonyl (C=O) groups excluding carboxylic acids is 2. The number of carbonyl (C=O) groups is 2. The summed E-state index contributed by atoms with van der Waals surface area (Å²) >= 11 is 3.55. The number of hydrogen-bond donors (Lipinski definition) is 1. The molecule has 2 aromatic carbocycles. The molecule has 0 spiro atoms. The van der Waals surface area contributed by atoms with E-state index in [2.05, 4.69) is 42.0 Å². The largest absolute Gasteiger partial charge is 0.483 e. The van der Waals surface area contributed by atoms with Gasteiger partial charge in [-0.3, -0.25) is 9.59 Å². The number of benzene rings is 2. The predicted molar refractivity (Wildman–Crippen MR) is 140 cm³/mol. The van der Waals surface area contributed by atoms with E-state index in [9.17, 15) is 14.0 Å². The molecular formula is C28H36BrFN2O3. The fourth-order valence-corrected chi connectivity index (χ4v) is 4.74. The molecule has 1 saturated carbocycles.